The molecule has 2 heteroatoms. The largest absolute Gasteiger partial charge is 0.388 e. The second-order valence-corrected chi connectivity index (χ2v) is 3.67. The average molecular weight is 144 g/mol. The lowest BCUT2D eigenvalue weighted by molar-refractivity contribution is -0.0786. The summed E-state index contributed by atoms with van der Waals surface area (Å²) in [6.45, 7) is 5.65. The molecule has 1 saturated heterocycles. The maximum absolute atomic E-state index is 9.51. The van der Waals surface area contributed by atoms with Crippen molar-refractivity contribution in [2.24, 2.45) is 0 Å². The van der Waals surface area contributed by atoms with Crippen LogP contribution in [0.15, 0.2) is 0 Å². The van der Waals surface area contributed by atoms with Crippen molar-refractivity contribution >= 4 is 0 Å². The molecule has 1 aliphatic heterocycles. The van der Waals surface area contributed by atoms with Gasteiger partial charge in [-0.05, 0) is 33.6 Å². The van der Waals surface area contributed by atoms with Crippen molar-refractivity contribution in [3.05, 3.63) is 0 Å². The molecular formula is C8H16O2. The van der Waals surface area contributed by atoms with E-state index in [1.54, 1.807) is 13.8 Å². The number of hydrogen-bond acceptors (Lipinski definition) is 2. The molecule has 0 unspecified atom stereocenters. The topological polar surface area (TPSA) is 29.5 Å². The van der Waals surface area contributed by atoms with Crippen LogP contribution < -0.4 is 0 Å². The molecule has 1 fully saturated rings. The Kier molecular flexibility index (Phi) is 2.02. The van der Waals surface area contributed by atoms with Gasteiger partial charge in [0.1, 0.15) is 0 Å². The van der Waals surface area contributed by atoms with E-state index in [1.165, 1.54) is 0 Å². The van der Waals surface area contributed by atoms with Crippen LogP contribution in [0.1, 0.15) is 33.6 Å². The molecule has 2 nitrogen and oxygen atoms in total. The summed E-state index contributed by atoms with van der Waals surface area (Å²) in [7, 11) is 0. The van der Waals surface area contributed by atoms with Crippen molar-refractivity contribution in [1.29, 1.82) is 0 Å². The summed E-state index contributed by atoms with van der Waals surface area (Å²) < 4.78 is 5.48. The Hall–Kier alpha value is -0.0800. The van der Waals surface area contributed by atoms with E-state index in [1.807, 2.05) is 6.92 Å². The molecule has 1 heterocycles. The predicted octanol–water partition coefficient (Wildman–Crippen LogP) is 1.32. The Balaban J connectivity index is 2.45. The summed E-state index contributed by atoms with van der Waals surface area (Å²) in [6.07, 6.45) is 2.44. The van der Waals surface area contributed by atoms with Gasteiger partial charge in [0.05, 0.1) is 17.8 Å². The smallest absolute Gasteiger partial charge is 0.0861 e. The molecule has 1 rings (SSSR count). The highest BCUT2D eigenvalue weighted by Crippen LogP contribution is 2.27. The molecule has 0 spiro atoms. The summed E-state index contributed by atoms with van der Waals surface area (Å²) in [5, 5.41) is 9.51. The summed E-state index contributed by atoms with van der Waals surface area (Å²) >= 11 is 0. The van der Waals surface area contributed by atoms with Crippen LogP contribution >= 0.6 is 0 Å². The Labute approximate surface area is 62.2 Å². The van der Waals surface area contributed by atoms with Gasteiger partial charge in [0.15, 0.2) is 0 Å². The molecule has 1 N–H and O–H groups in total. The van der Waals surface area contributed by atoms with E-state index in [0.29, 0.717) is 6.10 Å². The second kappa shape index (κ2) is 2.51. The minimum Gasteiger partial charge on any atom is -0.388 e. The van der Waals surface area contributed by atoms with Gasteiger partial charge in [-0.1, -0.05) is 0 Å². The third kappa shape index (κ3) is 1.70. The van der Waals surface area contributed by atoms with E-state index < -0.39 is 5.60 Å². The van der Waals surface area contributed by atoms with E-state index in [2.05, 4.69) is 0 Å². The zero-order valence-corrected chi connectivity index (χ0v) is 6.92. The normalized spacial score (nSPS) is 34.8. The highest BCUT2D eigenvalue weighted by molar-refractivity contribution is 4.83. The van der Waals surface area contributed by atoms with Gasteiger partial charge in [-0.25, -0.2) is 0 Å². The SMILES string of the molecule is C[C@H]1CC[C@@H](C(C)(C)O)O1. The molecule has 0 aromatic rings. The number of aliphatic hydroxyl groups is 1. The zero-order chi connectivity index (χ0) is 7.78. The molecule has 0 saturated carbocycles. The van der Waals surface area contributed by atoms with Crippen molar-refractivity contribution < 1.29 is 9.84 Å². The fraction of sp³-hybridized carbons (Fsp3) is 1.00. The van der Waals surface area contributed by atoms with Gasteiger partial charge < -0.3 is 9.84 Å². The van der Waals surface area contributed by atoms with E-state index in [4.69, 9.17) is 4.74 Å². The van der Waals surface area contributed by atoms with Crippen molar-refractivity contribution in [3.8, 4) is 0 Å². The first-order valence-electron chi connectivity index (χ1n) is 3.88. The molecule has 1 aliphatic rings. The van der Waals surface area contributed by atoms with Crippen LogP contribution in [-0.4, -0.2) is 22.9 Å². The second-order valence-electron chi connectivity index (χ2n) is 3.67. The Morgan fingerprint density at radius 3 is 2.20 bits per heavy atom. The van der Waals surface area contributed by atoms with Crippen LogP contribution in [0.5, 0.6) is 0 Å². The summed E-state index contributed by atoms with van der Waals surface area (Å²) in [5.41, 5.74) is -0.662. The van der Waals surface area contributed by atoms with Crippen molar-refractivity contribution in [2.75, 3.05) is 0 Å². The highest BCUT2D eigenvalue weighted by atomic mass is 16.5. The van der Waals surface area contributed by atoms with Crippen LogP contribution in [0.25, 0.3) is 0 Å². The first-order valence-corrected chi connectivity index (χ1v) is 3.88. The van der Waals surface area contributed by atoms with Crippen LogP contribution in [0.3, 0.4) is 0 Å². The molecule has 0 bridgehead atoms. The Morgan fingerprint density at radius 1 is 1.40 bits per heavy atom. The van der Waals surface area contributed by atoms with Crippen molar-refractivity contribution in [2.45, 2.75) is 51.4 Å². The van der Waals surface area contributed by atoms with Crippen molar-refractivity contribution in [1.82, 2.24) is 0 Å². The maximum atomic E-state index is 9.51. The van der Waals surface area contributed by atoms with Gasteiger partial charge >= 0.3 is 0 Å². The van der Waals surface area contributed by atoms with Gasteiger partial charge in [-0.3, -0.25) is 0 Å². The van der Waals surface area contributed by atoms with Crippen LogP contribution in [-0.2, 0) is 4.74 Å². The summed E-state index contributed by atoms with van der Waals surface area (Å²) in [5.74, 6) is 0. The van der Waals surface area contributed by atoms with Gasteiger partial charge in [0, 0.05) is 0 Å². The fourth-order valence-electron chi connectivity index (χ4n) is 1.32. The van der Waals surface area contributed by atoms with Crippen LogP contribution in [0.2, 0.25) is 0 Å². The summed E-state index contributed by atoms with van der Waals surface area (Å²) in [6, 6.07) is 0. The minimum absolute atomic E-state index is 0.0440. The molecule has 0 aromatic carbocycles. The minimum atomic E-state index is -0.662. The van der Waals surface area contributed by atoms with Crippen LogP contribution in [0, 0.1) is 0 Å². The molecule has 0 aromatic heterocycles. The molecule has 10 heavy (non-hydrogen) atoms. The Morgan fingerprint density at radius 2 is 2.00 bits per heavy atom. The lowest BCUT2D eigenvalue weighted by atomic mass is 9.99. The molecule has 0 aliphatic carbocycles. The first kappa shape index (κ1) is 8.02. The third-order valence-electron chi connectivity index (χ3n) is 2.02. The number of hydrogen-bond donors (Lipinski definition) is 1. The molecule has 60 valence electrons. The van der Waals surface area contributed by atoms with Gasteiger partial charge in [0.2, 0.25) is 0 Å². The van der Waals surface area contributed by atoms with E-state index in [0.717, 1.165) is 12.8 Å². The molecule has 0 amide bonds. The maximum Gasteiger partial charge on any atom is 0.0861 e. The van der Waals surface area contributed by atoms with E-state index >= 15 is 0 Å². The van der Waals surface area contributed by atoms with E-state index in [-0.39, 0.29) is 6.10 Å². The van der Waals surface area contributed by atoms with Crippen molar-refractivity contribution in [3.63, 3.8) is 0 Å². The van der Waals surface area contributed by atoms with Gasteiger partial charge in [-0.15, -0.1) is 0 Å². The number of rotatable bonds is 1. The quantitative estimate of drug-likeness (QED) is 0.601. The lowest BCUT2D eigenvalue weighted by Crippen LogP contribution is -2.35. The lowest BCUT2D eigenvalue weighted by Gasteiger charge is -2.24. The summed E-state index contributed by atoms with van der Waals surface area (Å²) in [4.78, 5) is 0. The first-order chi connectivity index (χ1) is 4.50. The monoisotopic (exact) mass is 144 g/mol. The highest BCUT2D eigenvalue weighted by Gasteiger charge is 2.33. The van der Waals surface area contributed by atoms with Gasteiger partial charge in [-0.2, -0.15) is 0 Å². The molecule has 2 atom stereocenters. The molecule has 0 radical (unpaired) electrons. The Bertz CT molecular complexity index is 115. The number of ether oxygens (including phenoxy) is 1. The zero-order valence-electron chi connectivity index (χ0n) is 6.92. The molecular weight excluding hydrogens is 128 g/mol. The van der Waals surface area contributed by atoms with Crippen LogP contribution in [0.4, 0.5) is 0 Å². The average Bonchev–Trinajstić information content (AvgIpc) is 2.11. The standard InChI is InChI=1S/C8H16O2/c1-6-4-5-7(10-6)8(2,3)9/h6-7,9H,4-5H2,1-3H3/t6-,7-/m0/s1. The van der Waals surface area contributed by atoms with E-state index in [9.17, 15) is 5.11 Å². The predicted molar refractivity (Wildman–Crippen MR) is 39.9 cm³/mol. The third-order valence-corrected chi connectivity index (χ3v) is 2.02. The van der Waals surface area contributed by atoms with Gasteiger partial charge in [0.25, 0.3) is 0 Å². The fourth-order valence-corrected chi connectivity index (χ4v) is 1.32.